The van der Waals surface area contributed by atoms with Gasteiger partial charge in [0.1, 0.15) is 35.7 Å². The molecule has 246 valence electrons. The molecular formula is C38H36FN3O5S. The molecule has 8 nitrogen and oxygen atoms in total. The van der Waals surface area contributed by atoms with Crippen molar-refractivity contribution in [1.82, 2.24) is 9.47 Å². The lowest BCUT2D eigenvalue weighted by Crippen LogP contribution is -2.43. The highest BCUT2D eigenvalue weighted by molar-refractivity contribution is 7.07. The minimum Gasteiger partial charge on any atom is -0.497 e. The minimum atomic E-state index is -0.828. The molecule has 0 aliphatic carbocycles. The maximum absolute atomic E-state index is 14.6. The Labute approximate surface area is 281 Å². The first-order chi connectivity index (χ1) is 23.3. The number of aromatic nitrogens is 1. The van der Waals surface area contributed by atoms with Gasteiger partial charge in [-0.1, -0.05) is 59.9 Å². The molecule has 2 heterocycles. The maximum Gasteiger partial charge on any atom is 0.271 e. The first kappa shape index (κ1) is 32.7. The summed E-state index contributed by atoms with van der Waals surface area (Å²) in [6.45, 7) is 6.64. The van der Waals surface area contributed by atoms with E-state index < -0.39 is 6.04 Å². The van der Waals surface area contributed by atoms with Crippen molar-refractivity contribution in [2.45, 2.75) is 33.4 Å². The molecular weight excluding hydrogens is 629 g/mol. The Morgan fingerprint density at radius 1 is 0.979 bits per heavy atom. The van der Waals surface area contributed by atoms with Crippen molar-refractivity contribution in [2.24, 2.45) is 4.99 Å². The molecule has 10 heteroatoms. The molecule has 0 radical (unpaired) electrons. The van der Waals surface area contributed by atoms with Gasteiger partial charge in [-0.3, -0.25) is 14.2 Å². The number of carbonyl (C=O) groups excluding carboxylic acids is 1. The van der Waals surface area contributed by atoms with Crippen LogP contribution in [0.15, 0.2) is 99.9 Å². The standard InChI is InChI=1S/C38H36FN3O5S/c1-6-41(7-2)37(44)34-23(3)40-38-42(35(34)29-20-26(45-4)17-19-31(29)46-5)36(43)33(48-38)21-28-27-14-10-8-12-24(27)16-18-32(28)47-22-25-13-9-11-15-30(25)39/h8-21,35H,6-7,22H2,1-5H3/b33-21+/t35-/m0/s1. The van der Waals surface area contributed by atoms with Gasteiger partial charge in [-0.2, -0.15) is 0 Å². The molecule has 0 unspecified atom stereocenters. The molecule has 0 saturated carbocycles. The van der Waals surface area contributed by atoms with Gasteiger partial charge in [-0.05, 0) is 68.0 Å². The lowest BCUT2D eigenvalue weighted by atomic mass is 9.93. The van der Waals surface area contributed by atoms with E-state index in [4.69, 9.17) is 19.2 Å². The van der Waals surface area contributed by atoms with Gasteiger partial charge in [0.05, 0.1) is 30.0 Å². The number of hydrogen-bond donors (Lipinski definition) is 0. The number of rotatable bonds is 10. The number of hydrogen-bond acceptors (Lipinski definition) is 7. The number of ether oxygens (including phenoxy) is 3. The summed E-state index contributed by atoms with van der Waals surface area (Å²) in [6.07, 6.45) is 1.80. The lowest BCUT2D eigenvalue weighted by Gasteiger charge is -2.30. The number of benzene rings is 4. The van der Waals surface area contributed by atoms with Crippen molar-refractivity contribution in [2.75, 3.05) is 27.3 Å². The van der Waals surface area contributed by atoms with Crippen LogP contribution in [-0.4, -0.2) is 42.7 Å². The number of allylic oxidation sites excluding steroid dienone is 1. The van der Waals surface area contributed by atoms with Crippen LogP contribution in [0.1, 0.15) is 43.5 Å². The van der Waals surface area contributed by atoms with Gasteiger partial charge in [0.15, 0.2) is 4.80 Å². The second-order valence-corrected chi connectivity index (χ2v) is 12.3. The molecule has 0 fully saturated rings. The fourth-order valence-electron chi connectivity index (χ4n) is 6.08. The van der Waals surface area contributed by atoms with E-state index in [9.17, 15) is 14.0 Å². The average molecular weight is 666 g/mol. The Hall–Kier alpha value is -5.22. The van der Waals surface area contributed by atoms with Crippen LogP contribution in [0.4, 0.5) is 4.39 Å². The molecule has 4 aromatic carbocycles. The summed E-state index contributed by atoms with van der Waals surface area (Å²) in [5.41, 5.74) is 2.30. The Morgan fingerprint density at radius 2 is 1.71 bits per heavy atom. The monoisotopic (exact) mass is 665 g/mol. The van der Waals surface area contributed by atoms with Crippen molar-refractivity contribution in [3.05, 3.63) is 132 Å². The molecule has 48 heavy (non-hydrogen) atoms. The van der Waals surface area contributed by atoms with E-state index in [0.717, 1.165) is 10.8 Å². The number of nitrogens with zero attached hydrogens (tertiary/aromatic N) is 3. The number of halogens is 1. The van der Waals surface area contributed by atoms with Gasteiger partial charge in [0.2, 0.25) is 0 Å². The van der Waals surface area contributed by atoms with Crippen LogP contribution in [0, 0.1) is 5.82 Å². The molecule has 1 aliphatic heterocycles. The Kier molecular flexibility index (Phi) is 9.45. The molecule has 1 atom stereocenters. The number of methoxy groups -OCH3 is 2. The summed E-state index contributed by atoms with van der Waals surface area (Å²) in [7, 11) is 3.12. The third-order valence-corrected chi connectivity index (χ3v) is 9.56. The topological polar surface area (TPSA) is 82.4 Å². The predicted molar refractivity (Wildman–Crippen MR) is 186 cm³/mol. The van der Waals surface area contributed by atoms with E-state index in [0.29, 0.717) is 67.6 Å². The van der Waals surface area contributed by atoms with Crippen molar-refractivity contribution < 1.29 is 23.4 Å². The smallest absolute Gasteiger partial charge is 0.271 e. The van der Waals surface area contributed by atoms with Gasteiger partial charge in [0, 0.05) is 29.8 Å². The van der Waals surface area contributed by atoms with E-state index in [1.807, 2.05) is 50.2 Å². The molecule has 5 aromatic rings. The summed E-state index contributed by atoms with van der Waals surface area (Å²) in [5.74, 6) is 1.01. The molecule has 1 aliphatic rings. The summed E-state index contributed by atoms with van der Waals surface area (Å²) >= 11 is 1.23. The normalized spacial score (nSPS) is 14.5. The quantitative estimate of drug-likeness (QED) is 0.183. The predicted octanol–water partition coefficient (Wildman–Crippen LogP) is 5.99. The summed E-state index contributed by atoms with van der Waals surface area (Å²) in [5, 5.41) is 1.82. The molecule has 0 saturated heterocycles. The van der Waals surface area contributed by atoms with Crippen LogP contribution in [0.3, 0.4) is 0 Å². The molecule has 1 aromatic heterocycles. The summed E-state index contributed by atoms with van der Waals surface area (Å²) < 4.78 is 34.0. The van der Waals surface area contributed by atoms with Crippen LogP contribution in [-0.2, 0) is 11.4 Å². The number of amides is 1. The summed E-state index contributed by atoms with van der Waals surface area (Å²) in [6, 6.07) is 22.6. The van der Waals surface area contributed by atoms with E-state index in [1.54, 1.807) is 73.1 Å². The zero-order valence-corrected chi connectivity index (χ0v) is 28.3. The van der Waals surface area contributed by atoms with Crippen LogP contribution >= 0.6 is 11.3 Å². The van der Waals surface area contributed by atoms with Crippen LogP contribution in [0.2, 0.25) is 0 Å². The number of likely N-dealkylation sites (N-methyl/N-ethyl adjacent to an activating group) is 1. The van der Waals surface area contributed by atoms with Gasteiger partial charge >= 0.3 is 0 Å². The highest BCUT2D eigenvalue weighted by atomic mass is 32.1. The first-order valence-corrected chi connectivity index (χ1v) is 16.5. The average Bonchev–Trinajstić information content (AvgIpc) is 3.41. The van der Waals surface area contributed by atoms with Gasteiger partial charge in [-0.15, -0.1) is 0 Å². The summed E-state index contributed by atoms with van der Waals surface area (Å²) in [4.78, 5) is 35.7. The van der Waals surface area contributed by atoms with E-state index >= 15 is 0 Å². The van der Waals surface area contributed by atoms with E-state index in [-0.39, 0.29) is 23.9 Å². The lowest BCUT2D eigenvalue weighted by molar-refractivity contribution is -0.127. The Balaban J connectivity index is 1.58. The van der Waals surface area contributed by atoms with Crippen molar-refractivity contribution >= 4 is 34.1 Å². The molecule has 6 rings (SSSR count). The van der Waals surface area contributed by atoms with Gasteiger partial charge in [0.25, 0.3) is 11.5 Å². The van der Waals surface area contributed by atoms with Crippen molar-refractivity contribution in [3.8, 4) is 17.2 Å². The largest absolute Gasteiger partial charge is 0.497 e. The Bertz CT molecular complexity index is 2240. The molecule has 1 amide bonds. The maximum atomic E-state index is 14.6. The highest BCUT2D eigenvalue weighted by Crippen LogP contribution is 2.38. The third kappa shape index (κ3) is 5.99. The van der Waals surface area contributed by atoms with Gasteiger partial charge < -0.3 is 19.1 Å². The fourth-order valence-corrected chi connectivity index (χ4v) is 7.10. The molecule has 0 spiro atoms. The Morgan fingerprint density at radius 3 is 2.44 bits per heavy atom. The third-order valence-electron chi connectivity index (χ3n) is 8.58. The number of thiazole rings is 1. The highest BCUT2D eigenvalue weighted by Gasteiger charge is 2.36. The first-order valence-electron chi connectivity index (χ1n) is 15.7. The number of carbonyl (C=O) groups is 1. The van der Waals surface area contributed by atoms with E-state index in [2.05, 4.69) is 0 Å². The number of fused-ring (bicyclic) bond motifs is 2. The molecule has 0 N–H and O–H groups in total. The zero-order chi connectivity index (χ0) is 33.9. The van der Waals surface area contributed by atoms with Crippen LogP contribution in [0.25, 0.3) is 16.8 Å². The minimum absolute atomic E-state index is 0.0127. The van der Waals surface area contributed by atoms with E-state index in [1.165, 1.54) is 17.4 Å². The SMILES string of the molecule is CCN(CC)C(=O)C1=C(C)N=c2s/c(=C/c3c(OCc4ccccc4F)ccc4ccccc34)c(=O)n2[C@H]1c1cc(OC)ccc1OC. The zero-order valence-electron chi connectivity index (χ0n) is 27.5. The van der Waals surface area contributed by atoms with Gasteiger partial charge in [-0.25, -0.2) is 9.38 Å². The van der Waals surface area contributed by atoms with Crippen molar-refractivity contribution in [1.29, 1.82) is 0 Å². The second kappa shape index (κ2) is 13.9. The second-order valence-electron chi connectivity index (χ2n) is 11.2. The fraction of sp³-hybridized carbons (Fsp3) is 0.237. The van der Waals surface area contributed by atoms with Crippen LogP contribution in [0.5, 0.6) is 17.2 Å². The molecule has 0 bridgehead atoms. The van der Waals surface area contributed by atoms with Crippen LogP contribution < -0.4 is 29.1 Å². The van der Waals surface area contributed by atoms with Crippen molar-refractivity contribution in [3.63, 3.8) is 0 Å².